The Balaban J connectivity index is 1.47. The molecule has 0 bridgehead atoms. The van der Waals surface area contributed by atoms with Crippen LogP contribution in [-0.4, -0.2) is 57.4 Å². The second kappa shape index (κ2) is 17.2. The maximum absolute atomic E-state index is 14.6. The number of carbonyl (C=O) groups excluding carboxylic acids is 1. The van der Waals surface area contributed by atoms with Crippen molar-refractivity contribution in [3.8, 4) is 0 Å². The normalized spacial score (nSPS) is 23.6. The first kappa shape index (κ1) is 40.0. The fourth-order valence-corrected chi connectivity index (χ4v) is 7.96. The second-order valence-corrected chi connectivity index (χ2v) is 16.7. The highest BCUT2D eigenvalue weighted by atomic mass is 16.7. The highest BCUT2D eigenvalue weighted by molar-refractivity contribution is 5.73. The molecule has 0 amide bonds. The molecule has 0 aromatic heterocycles. The molecule has 1 N–H and O–H groups in total. The molecule has 0 aliphatic carbocycles. The Labute approximate surface area is 301 Å². The number of benzene rings is 2. The van der Waals surface area contributed by atoms with E-state index in [2.05, 4.69) is 89.8 Å². The van der Waals surface area contributed by atoms with Crippen molar-refractivity contribution in [3.63, 3.8) is 0 Å². The number of unbranched alkanes of at least 4 members (excludes halogenated alkanes) is 4. The second-order valence-electron chi connectivity index (χ2n) is 16.7. The van der Waals surface area contributed by atoms with Gasteiger partial charge < -0.3 is 9.84 Å². The average molecular weight is 693 g/mol. The number of hydroxylamine groups is 4. The summed E-state index contributed by atoms with van der Waals surface area (Å²) in [7, 11) is 0. The van der Waals surface area contributed by atoms with Gasteiger partial charge in [-0.1, -0.05) is 114 Å². The summed E-state index contributed by atoms with van der Waals surface area (Å²) in [6.07, 6.45) is 6.72. The van der Waals surface area contributed by atoms with E-state index in [9.17, 15) is 9.59 Å². The number of piperidine rings is 2. The van der Waals surface area contributed by atoms with Crippen LogP contribution >= 0.6 is 0 Å². The van der Waals surface area contributed by atoms with Crippen LogP contribution in [0.4, 0.5) is 0 Å². The van der Waals surface area contributed by atoms with Gasteiger partial charge in [-0.2, -0.15) is 10.1 Å². The van der Waals surface area contributed by atoms with Crippen molar-refractivity contribution in [3.05, 3.63) is 71.8 Å². The van der Waals surface area contributed by atoms with Gasteiger partial charge in [-0.3, -0.25) is 19.3 Å². The third kappa shape index (κ3) is 9.36. The van der Waals surface area contributed by atoms with Gasteiger partial charge >= 0.3 is 11.9 Å². The fraction of sp³-hybridized carbons (Fsp3) is 0.667. The molecule has 50 heavy (non-hydrogen) atoms. The Hall–Kier alpha value is -2.78. The topological polar surface area (TPSA) is 88.5 Å². The van der Waals surface area contributed by atoms with Gasteiger partial charge in [0.1, 0.15) is 6.10 Å². The van der Waals surface area contributed by atoms with Gasteiger partial charge in [0.2, 0.25) is 0 Å². The SMILES string of the molecule is CC1(C)C(OC(=O)C(CCCCCCCC(=O)O)C2CCN(OCc3ccccc3)C(C)(C)C2(C)C)CCN(OCc2ccccc2)C1(C)C. The monoisotopic (exact) mass is 692 g/mol. The number of hydrogen-bond donors (Lipinski definition) is 1. The fourth-order valence-electron chi connectivity index (χ4n) is 7.96. The van der Waals surface area contributed by atoms with Gasteiger partial charge in [-0.05, 0) is 69.4 Å². The molecule has 2 aromatic rings. The number of ether oxygens (including phenoxy) is 1. The molecule has 2 fully saturated rings. The Morgan fingerprint density at radius 3 is 1.72 bits per heavy atom. The average Bonchev–Trinajstić information content (AvgIpc) is 3.06. The van der Waals surface area contributed by atoms with E-state index in [4.69, 9.17) is 19.5 Å². The lowest BCUT2D eigenvalue weighted by atomic mass is 9.58. The summed E-state index contributed by atoms with van der Waals surface area (Å²) in [4.78, 5) is 38.3. The van der Waals surface area contributed by atoms with Gasteiger partial charge in [0.15, 0.2) is 0 Å². The van der Waals surface area contributed by atoms with Crippen molar-refractivity contribution in [1.29, 1.82) is 0 Å². The molecule has 0 radical (unpaired) electrons. The molecular weight excluding hydrogens is 628 g/mol. The number of carbonyl (C=O) groups is 2. The zero-order valence-electron chi connectivity index (χ0n) is 32.1. The smallest absolute Gasteiger partial charge is 0.309 e. The predicted molar refractivity (Wildman–Crippen MR) is 198 cm³/mol. The van der Waals surface area contributed by atoms with Crippen molar-refractivity contribution < 1.29 is 29.1 Å². The Morgan fingerprint density at radius 1 is 0.700 bits per heavy atom. The summed E-state index contributed by atoms with van der Waals surface area (Å²) in [5.74, 6) is -0.961. The van der Waals surface area contributed by atoms with Crippen LogP contribution in [0.15, 0.2) is 60.7 Å². The first-order chi connectivity index (χ1) is 23.6. The summed E-state index contributed by atoms with van der Waals surface area (Å²) < 4.78 is 6.65. The van der Waals surface area contributed by atoms with E-state index < -0.39 is 5.97 Å². The minimum absolute atomic E-state index is 0.0871. The number of aliphatic carboxylic acids is 1. The zero-order valence-corrected chi connectivity index (χ0v) is 32.1. The first-order valence-corrected chi connectivity index (χ1v) is 18.9. The Morgan fingerprint density at radius 2 is 1.18 bits per heavy atom. The molecule has 0 saturated carbocycles. The van der Waals surface area contributed by atoms with Crippen molar-refractivity contribution >= 4 is 11.9 Å². The van der Waals surface area contributed by atoms with Crippen LogP contribution < -0.4 is 0 Å². The highest BCUT2D eigenvalue weighted by Gasteiger charge is 2.56. The largest absolute Gasteiger partial charge is 0.481 e. The summed E-state index contributed by atoms with van der Waals surface area (Å²) in [5, 5.41) is 13.2. The van der Waals surface area contributed by atoms with Crippen LogP contribution in [0.3, 0.4) is 0 Å². The van der Waals surface area contributed by atoms with Crippen LogP contribution in [0.25, 0.3) is 0 Å². The third-order valence-corrected chi connectivity index (χ3v) is 12.8. The molecule has 0 spiro atoms. The molecule has 2 aliphatic heterocycles. The molecule has 2 saturated heterocycles. The number of hydrogen-bond acceptors (Lipinski definition) is 7. The maximum Gasteiger partial charge on any atom is 0.309 e. The van der Waals surface area contributed by atoms with Crippen LogP contribution in [0, 0.1) is 22.7 Å². The molecule has 278 valence electrons. The van der Waals surface area contributed by atoms with Gasteiger partial charge in [0, 0.05) is 42.4 Å². The number of rotatable bonds is 17. The Kier molecular flexibility index (Phi) is 13.7. The van der Waals surface area contributed by atoms with Crippen molar-refractivity contribution in [2.45, 2.75) is 144 Å². The molecule has 8 heteroatoms. The number of nitrogens with zero attached hydrogens (tertiary/aromatic N) is 2. The number of esters is 1. The van der Waals surface area contributed by atoms with Crippen molar-refractivity contribution in [2.75, 3.05) is 13.1 Å². The predicted octanol–water partition coefficient (Wildman–Crippen LogP) is 9.23. The summed E-state index contributed by atoms with van der Waals surface area (Å²) in [6, 6.07) is 20.5. The van der Waals surface area contributed by atoms with Gasteiger partial charge in [-0.15, -0.1) is 0 Å². The molecule has 3 unspecified atom stereocenters. The molecule has 2 heterocycles. The van der Waals surface area contributed by atoms with Gasteiger partial charge in [0.05, 0.1) is 19.1 Å². The van der Waals surface area contributed by atoms with E-state index in [0.29, 0.717) is 32.6 Å². The van der Waals surface area contributed by atoms with Crippen molar-refractivity contribution in [2.24, 2.45) is 22.7 Å². The van der Waals surface area contributed by atoms with Crippen LogP contribution in [-0.2, 0) is 37.2 Å². The molecule has 4 rings (SSSR count). The molecule has 8 nitrogen and oxygen atoms in total. The third-order valence-electron chi connectivity index (χ3n) is 12.8. The van der Waals surface area contributed by atoms with E-state index in [1.807, 2.05) is 36.4 Å². The zero-order chi connectivity index (χ0) is 36.6. The standard InChI is InChI=1S/C42H64N2O6/c1-39(2)35(26-28-43(41(39,5)6)48-30-32-20-14-12-15-21-32)34(24-18-10-9-11-19-25-37(45)46)38(47)50-36-27-29-44(42(7,8)40(36,3)4)49-31-33-22-16-13-17-23-33/h12-17,20-23,34-36H,9-11,18-19,24-31H2,1-8H3,(H,45,46). The quantitative estimate of drug-likeness (QED) is 0.130. The summed E-state index contributed by atoms with van der Waals surface area (Å²) >= 11 is 0. The molecule has 3 atom stereocenters. The number of carboxylic acids is 1. The first-order valence-electron chi connectivity index (χ1n) is 18.9. The highest BCUT2D eigenvalue weighted by Crippen LogP contribution is 2.52. The Bertz CT molecular complexity index is 1360. The van der Waals surface area contributed by atoms with Crippen molar-refractivity contribution in [1.82, 2.24) is 10.1 Å². The van der Waals surface area contributed by atoms with Gasteiger partial charge in [0.25, 0.3) is 0 Å². The van der Waals surface area contributed by atoms with E-state index in [1.165, 1.54) is 0 Å². The summed E-state index contributed by atoms with van der Waals surface area (Å²) in [6.45, 7) is 20.3. The minimum atomic E-state index is -0.739. The van der Waals surface area contributed by atoms with E-state index >= 15 is 0 Å². The summed E-state index contributed by atoms with van der Waals surface area (Å²) in [5.41, 5.74) is 0.935. The van der Waals surface area contributed by atoms with Crippen LogP contribution in [0.2, 0.25) is 0 Å². The lowest BCUT2D eigenvalue weighted by molar-refractivity contribution is -0.289. The minimum Gasteiger partial charge on any atom is -0.481 e. The van der Waals surface area contributed by atoms with Gasteiger partial charge in [-0.25, -0.2) is 0 Å². The maximum atomic E-state index is 14.6. The van der Waals surface area contributed by atoms with Crippen LogP contribution in [0.5, 0.6) is 0 Å². The van der Waals surface area contributed by atoms with E-state index in [1.54, 1.807) is 0 Å². The molecule has 2 aliphatic rings. The molecule has 2 aromatic carbocycles. The number of carboxylic acid groups (broad SMARTS) is 1. The van der Waals surface area contributed by atoms with E-state index in [0.717, 1.165) is 56.2 Å². The van der Waals surface area contributed by atoms with Crippen LogP contribution in [0.1, 0.15) is 124 Å². The van der Waals surface area contributed by atoms with E-state index in [-0.39, 0.29) is 52.2 Å². The lowest BCUT2D eigenvalue weighted by Gasteiger charge is -2.58. The lowest BCUT2D eigenvalue weighted by Crippen LogP contribution is -2.64. The molecular formula is C42H64N2O6.